The quantitative estimate of drug-likeness (QED) is 0.441. The standard InChI is InChI=1S/C28H28N4O6S/c29-26(34)20-15-17-31(18-16-20)25(33)19-30-27(35)21-11-13-24(14-12-21)39(37,38)32(23-9-5-2-6-10-23)28(36)22-7-3-1-4-8-22/h1-14,20H,15-19H2,(H2,29,34)(H,30,35). The molecule has 1 saturated heterocycles. The van der Waals surface area contributed by atoms with Crippen molar-refractivity contribution in [2.24, 2.45) is 11.7 Å². The van der Waals surface area contributed by atoms with Gasteiger partial charge in [0.1, 0.15) is 0 Å². The van der Waals surface area contributed by atoms with Crippen LogP contribution in [0.1, 0.15) is 33.6 Å². The average Bonchev–Trinajstić information content (AvgIpc) is 2.96. The third kappa shape index (κ3) is 6.32. The second kappa shape index (κ2) is 11.9. The summed E-state index contributed by atoms with van der Waals surface area (Å²) in [5.41, 5.74) is 5.84. The van der Waals surface area contributed by atoms with Gasteiger partial charge >= 0.3 is 0 Å². The highest BCUT2D eigenvalue weighted by atomic mass is 32.2. The number of sulfonamides is 1. The number of primary amides is 1. The van der Waals surface area contributed by atoms with Crippen LogP contribution in [0.3, 0.4) is 0 Å². The van der Waals surface area contributed by atoms with Crippen molar-refractivity contribution in [1.82, 2.24) is 10.2 Å². The van der Waals surface area contributed by atoms with Gasteiger partial charge in [0.15, 0.2) is 0 Å². The number of hydrogen-bond acceptors (Lipinski definition) is 6. The largest absolute Gasteiger partial charge is 0.369 e. The van der Waals surface area contributed by atoms with Crippen LogP contribution in [0.25, 0.3) is 0 Å². The van der Waals surface area contributed by atoms with Gasteiger partial charge in [0.25, 0.3) is 21.8 Å². The van der Waals surface area contributed by atoms with Gasteiger partial charge in [-0.05, 0) is 61.4 Å². The molecular formula is C28H28N4O6S. The number of carbonyl (C=O) groups is 4. The second-order valence-corrected chi connectivity index (χ2v) is 10.8. The van der Waals surface area contributed by atoms with Gasteiger partial charge in [-0.3, -0.25) is 19.2 Å². The van der Waals surface area contributed by atoms with Crippen molar-refractivity contribution in [2.75, 3.05) is 23.9 Å². The average molecular weight is 549 g/mol. The molecule has 11 heteroatoms. The van der Waals surface area contributed by atoms with Gasteiger partial charge in [0, 0.05) is 30.1 Å². The smallest absolute Gasteiger partial charge is 0.272 e. The lowest BCUT2D eigenvalue weighted by molar-refractivity contribution is -0.133. The highest BCUT2D eigenvalue weighted by Gasteiger charge is 2.32. The van der Waals surface area contributed by atoms with Crippen molar-refractivity contribution in [2.45, 2.75) is 17.7 Å². The molecule has 1 aliphatic rings. The molecule has 1 fully saturated rings. The minimum absolute atomic E-state index is 0.148. The first-order valence-electron chi connectivity index (χ1n) is 12.3. The first-order chi connectivity index (χ1) is 18.7. The number of anilines is 1. The summed E-state index contributed by atoms with van der Waals surface area (Å²) < 4.78 is 28.0. The Morgan fingerprint density at radius 2 is 1.38 bits per heavy atom. The molecule has 0 saturated carbocycles. The fraction of sp³-hybridized carbons (Fsp3) is 0.214. The molecule has 3 N–H and O–H groups in total. The Labute approximate surface area is 226 Å². The first kappa shape index (κ1) is 27.5. The molecule has 0 atom stereocenters. The maximum absolute atomic E-state index is 13.6. The number of likely N-dealkylation sites (tertiary alicyclic amines) is 1. The lowest BCUT2D eigenvalue weighted by atomic mass is 9.96. The van der Waals surface area contributed by atoms with Crippen LogP contribution in [0, 0.1) is 5.92 Å². The van der Waals surface area contributed by atoms with Gasteiger partial charge < -0.3 is 16.0 Å². The molecule has 0 aromatic heterocycles. The Balaban J connectivity index is 1.46. The predicted molar refractivity (Wildman–Crippen MR) is 144 cm³/mol. The van der Waals surface area contributed by atoms with Crippen LogP contribution < -0.4 is 15.4 Å². The Kier molecular flexibility index (Phi) is 8.40. The topological polar surface area (TPSA) is 147 Å². The molecule has 39 heavy (non-hydrogen) atoms. The highest BCUT2D eigenvalue weighted by Crippen LogP contribution is 2.26. The Bertz CT molecular complexity index is 1450. The van der Waals surface area contributed by atoms with Gasteiger partial charge in [-0.2, -0.15) is 4.31 Å². The third-order valence-corrected chi connectivity index (χ3v) is 8.23. The van der Waals surface area contributed by atoms with E-state index < -0.39 is 21.8 Å². The molecule has 0 aliphatic carbocycles. The first-order valence-corrected chi connectivity index (χ1v) is 13.8. The molecule has 3 aromatic rings. The summed E-state index contributed by atoms with van der Waals surface area (Å²) in [6, 6.07) is 21.2. The molecule has 10 nitrogen and oxygen atoms in total. The zero-order chi connectivity index (χ0) is 28.0. The van der Waals surface area contributed by atoms with E-state index in [4.69, 9.17) is 5.73 Å². The van der Waals surface area contributed by atoms with E-state index in [2.05, 4.69) is 5.32 Å². The summed E-state index contributed by atoms with van der Waals surface area (Å²) in [6.07, 6.45) is 0.968. The maximum Gasteiger partial charge on any atom is 0.272 e. The van der Waals surface area contributed by atoms with Crippen LogP contribution in [0.4, 0.5) is 5.69 Å². The van der Waals surface area contributed by atoms with Crippen molar-refractivity contribution in [3.63, 3.8) is 0 Å². The van der Waals surface area contributed by atoms with E-state index >= 15 is 0 Å². The molecule has 3 aromatic carbocycles. The number of para-hydroxylation sites is 1. The number of carbonyl (C=O) groups excluding carboxylic acids is 4. The van der Waals surface area contributed by atoms with E-state index in [1.807, 2.05) is 0 Å². The summed E-state index contributed by atoms with van der Waals surface area (Å²) >= 11 is 0. The molecule has 1 aliphatic heterocycles. The molecule has 0 spiro atoms. The molecule has 0 radical (unpaired) electrons. The Morgan fingerprint density at radius 1 is 0.821 bits per heavy atom. The number of benzene rings is 3. The van der Waals surface area contributed by atoms with E-state index in [0.29, 0.717) is 25.9 Å². The van der Waals surface area contributed by atoms with E-state index in [9.17, 15) is 27.6 Å². The van der Waals surface area contributed by atoms with Crippen molar-refractivity contribution in [1.29, 1.82) is 0 Å². The summed E-state index contributed by atoms with van der Waals surface area (Å²) in [6.45, 7) is 0.524. The SMILES string of the molecule is NC(=O)C1CCN(C(=O)CNC(=O)c2ccc(S(=O)(=O)N(C(=O)c3ccccc3)c3ccccc3)cc2)CC1. The van der Waals surface area contributed by atoms with E-state index in [1.54, 1.807) is 41.3 Å². The predicted octanol–water partition coefficient (Wildman–Crippen LogP) is 2.18. The molecule has 4 amide bonds. The molecule has 4 rings (SSSR count). The van der Waals surface area contributed by atoms with E-state index in [-0.39, 0.29) is 46.0 Å². The number of nitrogens with two attached hydrogens (primary N) is 1. The van der Waals surface area contributed by atoms with Crippen LogP contribution >= 0.6 is 0 Å². The maximum atomic E-state index is 13.6. The van der Waals surface area contributed by atoms with Crippen molar-refractivity contribution in [3.05, 3.63) is 96.1 Å². The normalized spacial score (nSPS) is 13.9. The van der Waals surface area contributed by atoms with Crippen LogP contribution in [-0.4, -0.2) is 56.6 Å². The Morgan fingerprint density at radius 3 is 1.95 bits per heavy atom. The second-order valence-electron chi connectivity index (χ2n) is 9.04. The van der Waals surface area contributed by atoms with Crippen molar-refractivity contribution in [3.8, 4) is 0 Å². The number of nitrogens with one attached hydrogen (secondary N) is 1. The van der Waals surface area contributed by atoms with E-state index in [0.717, 1.165) is 4.31 Å². The summed E-state index contributed by atoms with van der Waals surface area (Å²) in [5.74, 6) is -2.19. The zero-order valence-corrected chi connectivity index (χ0v) is 21.8. The number of rotatable bonds is 8. The van der Waals surface area contributed by atoms with Gasteiger partial charge in [0.2, 0.25) is 11.8 Å². The fourth-order valence-corrected chi connectivity index (χ4v) is 5.71. The number of hydrogen-bond donors (Lipinski definition) is 2. The monoisotopic (exact) mass is 548 g/mol. The minimum Gasteiger partial charge on any atom is -0.369 e. The van der Waals surface area contributed by atoms with Crippen LogP contribution in [0.15, 0.2) is 89.8 Å². The molecule has 0 bridgehead atoms. The van der Waals surface area contributed by atoms with Gasteiger partial charge in [0.05, 0.1) is 17.1 Å². The number of amides is 4. The van der Waals surface area contributed by atoms with E-state index in [1.165, 1.54) is 48.5 Å². The minimum atomic E-state index is -4.34. The fourth-order valence-electron chi connectivity index (χ4n) is 4.29. The van der Waals surface area contributed by atoms with Crippen LogP contribution in [0.2, 0.25) is 0 Å². The Hall–Kier alpha value is -4.51. The summed E-state index contributed by atoms with van der Waals surface area (Å²) in [7, 11) is -4.34. The van der Waals surface area contributed by atoms with Crippen molar-refractivity contribution < 1.29 is 27.6 Å². The van der Waals surface area contributed by atoms with Crippen molar-refractivity contribution >= 4 is 39.3 Å². The summed E-state index contributed by atoms with van der Waals surface area (Å²) in [4.78, 5) is 51.1. The summed E-state index contributed by atoms with van der Waals surface area (Å²) in [5, 5.41) is 2.54. The van der Waals surface area contributed by atoms with Gasteiger partial charge in [-0.1, -0.05) is 36.4 Å². The molecule has 0 unspecified atom stereocenters. The number of piperidine rings is 1. The number of nitrogens with zero attached hydrogens (tertiary/aromatic N) is 2. The third-order valence-electron chi connectivity index (χ3n) is 6.50. The lowest BCUT2D eigenvalue weighted by Crippen LogP contribution is -2.45. The van der Waals surface area contributed by atoms with Gasteiger partial charge in [-0.25, -0.2) is 8.42 Å². The van der Waals surface area contributed by atoms with Crippen LogP contribution in [-0.2, 0) is 19.6 Å². The molecule has 202 valence electrons. The van der Waals surface area contributed by atoms with Crippen LogP contribution in [0.5, 0.6) is 0 Å². The molecule has 1 heterocycles. The van der Waals surface area contributed by atoms with Gasteiger partial charge in [-0.15, -0.1) is 0 Å². The lowest BCUT2D eigenvalue weighted by Gasteiger charge is -2.30. The zero-order valence-electron chi connectivity index (χ0n) is 21.0. The molecular weight excluding hydrogens is 520 g/mol. The highest BCUT2D eigenvalue weighted by molar-refractivity contribution is 7.93.